The highest BCUT2D eigenvalue weighted by molar-refractivity contribution is 8.14. The Hall–Kier alpha value is -2.60. The van der Waals surface area contributed by atoms with Crippen molar-refractivity contribution in [3.8, 4) is 22.6 Å². The molecule has 0 spiro atoms. The summed E-state index contributed by atoms with van der Waals surface area (Å²) in [7, 11) is 6.18. The lowest BCUT2D eigenvalue weighted by atomic mass is 9.92. The predicted molar refractivity (Wildman–Crippen MR) is 138 cm³/mol. The topological polar surface area (TPSA) is 105 Å². The molecular weight excluding hydrogens is 551 g/mol. The molecule has 8 nitrogen and oxygen atoms in total. The highest BCUT2D eigenvalue weighted by Gasteiger charge is 2.22. The van der Waals surface area contributed by atoms with Crippen molar-refractivity contribution in [2.45, 2.75) is 9.79 Å². The van der Waals surface area contributed by atoms with E-state index in [0.29, 0.717) is 44.2 Å². The van der Waals surface area contributed by atoms with Gasteiger partial charge in [0.2, 0.25) is 0 Å². The molecule has 0 fully saturated rings. The maximum Gasteiger partial charge on any atom is 0.261 e. The van der Waals surface area contributed by atoms with Crippen molar-refractivity contribution in [3.05, 3.63) is 60.7 Å². The predicted octanol–water partition coefficient (Wildman–Crippen LogP) is 5.48. The average Bonchev–Trinajstić information content (AvgIpc) is 2.83. The largest absolute Gasteiger partial charge is 0.467 e. The zero-order chi connectivity index (χ0) is 26.1. The first-order valence-corrected chi connectivity index (χ1v) is 14.9. The molecule has 0 unspecified atom stereocenters. The van der Waals surface area contributed by atoms with Crippen LogP contribution in [0.25, 0.3) is 32.7 Å². The van der Waals surface area contributed by atoms with Gasteiger partial charge in [-0.1, -0.05) is 24.3 Å². The van der Waals surface area contributed by atoms with Crippen LogP contribution in [0, 0.1) is 0 Å². The normalized spacial score (nSPS) is 12.2. The first-order chi connectivity index (χ1) is 17.0. The Morgan fingerprint density at radius 2 is 1.00 bits per heavy atom. The third kappa shape index (κ3) is 5.39. The van der Waals surface area contributed by atoms with Crippen LogP contribution in [0.2, 0.25) is 0 Å². The smallest absolute Gasteiger partial charge is 0.261 e. The van der Waals surface area contributed by atoms with E-state index in [1.165, 1.54) is 38.5 Å². The van der Waals surface area contributed by atoms with Gasteiger partial charge in [-0.25, -0.2) is 16.8 Å². The average molecular weight is 571 g/mol. The summed E-state index contributed by atoms with van der Waals surface area (Å²) in [5.41, 5.74) is 1.14. The quantitative estimate of drug-likeness (QED) is 0.192. The second kappa shape index (κ2) is 10.4. The molecule has 0 aromatic heterocycles. The number of benzene rings is 4. The fraction of sp³-hybridized carbons (Fsp3) is 0.167. The summed E-state index contributed by atoms with van der Waals surface area (Å²) in [5.74, 6) is 0.851. The SMILES string of the molecule is COCOc1ccc2cc(S(=O)(=O)Cl)ccc2c1-c1c(OCOC)ccc2cc(S(=O)(=O)Cl)ccc12. The van der Waals surface area contributed by atoms with Crippen LogP contribution in [0.15, 0.2) is 70.5 Å². The lowest BCUT2D eigenvalue weighted by Crippen LogP contribution is -2.04. The van der Waals surface area contributed by atoms with Crippen LogP contribution in [0.1, 0.15) is 0 Å². The monoisotopic (exact) mass is 570 g/mol. The van der Waals surface area contributed by atoms with Crippen LogP contribution in [-0.4, -0.2) is 44.6 Å². The van der Waals surface area contributed by atoms with E-state index in [1.54, 1.807) is 36.4 Å². The van der Waals surface area contributed by atoms with Crippen molar-refractivity contribution in [2.75, 3.05) is 27.8 Å². The molecule has 12 heteroatoms. The van der Waals surface area contributed by atoms with Gasteiger partial charge < -0.3 is 18.9 Å². The van der Waals surface area contributed by atoms with Gasteiger partial charge in [-0.05, 0) is 57.9 Å². The molecule has 4 rings (SSSR count). The van der Waals surface area contributed by atoms with Gasteiger partial charge in [0, 0.05) is 46.7 Å². The van der Waals surface area contributed by atoms with Crippen LogP contribution in [0.4, 0.5) is 0 Å². The highest BCUT2D eigenvalue weighted by atomic mass is 35.7. The van der Waals surface area contributed by atoms with Gasteiger partial charge in [0.1, 0.15) is 11.5 Å². The number of rotatable bonds is 9. The minimum atomic E-state index is -3.96. The molecule has 36 heavy (non-hydrogen) atoms. The molecule has 0 atom stereocenters. The molecule has 4 aromatic rings. The summed E-state index contributed by atoms with van der Waals surface area (Å²) in [6.07, 6.45) is 0. The molecular formula is C24H20Cl2O8S2. The third-order valence-electron chi connectivity index (χ3n) is 5.38. The van der Waals surface area contributed by atoms with Gasteiger partial charge in [-0.2, -0.15) is 0 Å². The van der Waals surface area contributed by atoms with Crippen molar-refractivity contribution in [2.24, 2.45) is 0 Å². The van der Waals surface area contributed by atoms with E-state index in [1.807, 2.05) is 0 Å². The summed E-state index contributed by atoms with van der Waals surface area (Å²) in [6.45, 7) is -0.110. The number of fused-ring (bicyclic) bond motifs is 2. The molecule has 0 aliphatic heterocycles. The molecule has 0 saturated heterocycles. The Bertz CT molecular complexity index is 1540. The van der Waals surface area contributed by atoms with Crippen LogP contribution in [0.3, 0.4) is 0 Å². The molecule has 0 saturated carbocycles. The number of hydrogen-bond acceptors (Lipinski definition) is 8. The van der Waals surface area contributed by atoms with Crippen molar-refractivity contribution < 1.29 is 35.8 Å². The standard InChI is InChI=1S/C24H20Cl2O8S2/c1-31-13-33-21-9-3-15-11-17(35(25,27)28)5-7-19(15)23(21)24-20-8-6-18(36(26,29)30)12-16(20)4-10-22(24)34-14-32-2/h3-12H,13-14H2,1-2H3. The summed E-state index contributed by atoms with van der Waals surface area (Å²) in [5, 5.41) is 2.42. The maximum atomic E-state index is 11.9. The maximum absolute atomic E-state index is 11.9. The zero-order valence-corrected chi connectivity index (χ0v) is 22.2. The van der Waals surface area contributed by atoms with E-state index in [0.717, 1.165) is 0 Å². The van der Waals surface area contributed by atoms with Gasteiger partial charge in [-0.3, -0.25) is 0 Å². The lowest BCUT2D eigenvalue weighted by molar-refractivity contribution is 0.0502. The van der Waals surface area contributed by atoms with E-state index in [4.69, 9.17) is 40.3 Å². The second-order valence-electron chi connectivity index (χ2n) is 7.62. The summed E-state index contributed by atoms with van der Waals surface area (Å²) < 4.78 is 69.6. The first-order valence-electron chi connectivity index (χ1n) is 10.3. The first kappa shape index (κ1) is 26.5. The van der Waals surface area contributed by atoms with Crippen LogP contribution in [0.5, 0.6) is 11.5 Å². The molecule has 0 aliphatic rings. The van der Waals surface area contributed by atoms with E-state index in [-0.39, 0.29) is 23.4 Å². The Morgan fingerprint density at radius 1 is 0.611 bits per heavy atom. The van der Waals surface area contributed by atoms with Crippen LogP contribution >= 0.6 is 21.4 Å². The van der Waals surface area contributed by atoms with E-state index in [2.05, 4.69) is 0 Å². The molecule has 0 N–H and O–H groups in total. The zero-order valence-electron chi connectivity index (χ0n) is 19.0. The molecule has 0 radical (unpaired) electrons. The fourth-order valence-electron chi connectivity index (χ4n) is 3.88. The van der Waals surface area contributed by atoms with E-state index in [9.17, 15) is 16.8 Å². The minimum Gasteiger partial charge on any atom is -0.467 e. The van der Waals surface area contributed by atoms with Crippen LogP contribution in [-0.2, 0) is 27.6 Å². The van der Waals surface area contributed by atoms with Crippen molar-refractivity contribution in [3.63, 3.8) is 0 Å². The molecule has 0 amide bonds. The second-order valence-corrected chi connectivity index (χ2v) is 12.8. The van der Waals surface area contributed by atoms with Gasteiger partial charge in [-0.15, -0.1) is 0 Å². The van der Waals surface area contributed by atoms with E-state index >= 15 is 0 Å². The van der Waals surface area contributed by atoms with E-state index < -0.39 is 18.1 Å². The Balaban J connectivity index is 2.11. The molecule has 4 aromatic carbocycles. The van der Waals surface area contributed by atoms with Gasteiger partial charge in [0.25, 0.3) is 18.1 Å². The summed E-state index contributed by atoms with van der Waals surface area (Å²) >= 11 is 0. The molecule has 0 heterocycles. The third-order valence-corrected chi connectivity index (χ3v) is 8.09. The van der Waals surface area contributed by atoms with Gasteiger partial charge in [0.15, 0.2) is 13.6 Å². The summed E-state index contributed by atoms with van der Waals surface area (Å²) in [6, 6.07) is 15.7. The van der Waals surface area contributed by atoms with Crippen molar-refractivity contribution >= 4 is 61.0 Å². The fourth-order valence-corrected chi connectivity index (χ4v) is 5.45. The molecule has 190 valence electrons. The van der Waals surface area contributed by atoms with Crippen LogP contribution < -0.4 is 9.47 Å². The lowest BCUT2D eigenvalue weighted by Gasteiger charge is -2.19. The number of halogens is 2. The van der Waals surface area contributed by atoms with Crippen molar-refractivity contribution in [1.29, 1.82) is 0 Å². The molecule has 0 bridgehead atoms. The Kier molecular flexibility index (Phi) is 7.65. The van der Waals surface area contributed by atoms with Gasteiger partial charge in [0.05, 0.1) is 9.79 Å². The minimum absolute atomic E-state index is 0.0552. The van der Waals surface area contributed by atoms with Crippen molar-refractivity contribution in [1.82, 2.24) is 0 Å². The highest BCUT2D eigenvalue weighted by Crippen LogP contribution is 2.46. The summed E-state index contributed by atoms with van der Waals surface area (Å²) in [4.78, 5) is -0.113. The Morgan fingerprint density at radius 3 is 1.33 bits per heavy atom. The van der Waals surface area contributed by atoms with Gasteiger partial charge >= 0.3 is 0 Å². The number of methoxy groups -OCH3 is 2. The number of hydrogen-bond donors (Lipinski definition) is 0. The molecule has 0 aliphatic carbocycles. The number of ether oxygens (including phenoxy) is 4. The Labute approximate surface area is 217 Å².